The first-order chi connectivity index (χ1) is 7.65. The first-order valence-electron chi connectivity index (χ1n) is 5.31. The quantitative estimate of drug-likeness (QED) is 0.782. The molecule has 1 aliphatic rings. The van der Waals surface area contributed by atoms with E-state index in [0.717, 1.165) is 30.4 Å². The van der Waals surface area contributed by atoms with E-state index in [1.807, 2.05) is 0 Å². The first-order valence-corrected chi connectivity index (χ1v) is 6.10. The van der Waals surface area contributed by atoms with Crippen molar-refractivity contribution in [3.63, 3.8) is 0 Å². The number of halogens is 2. The van der Waals surface area contributed by atoms with E-state index in [4.69, 9.17) is 4.74 Å². The lowest BCUT2D eigenvalue weighted by molar-refractivity contribution is 0.109. The largest absolute Gasteiger partial charge is 0.485 e. The topological polar surface area (TPSA) is 25.4 Å². The molecule has 1 saturated heterocycles. The van der Waals surface area contributed by atoms with E-state index in [2.05, 4.69) is 32.9 Å². The monoisotopic (exact) mass is 288 g/mol. The third-order valence-electron chi connectivity index (χ3n) is 2.73. The van der Waals surface area contributed by atoms with E-state index >= 15 is 0 Å². The van der Waals surface area contributed by atoms with Crippen LogP contribution < -0.4 is 4.74 Å². The van der Waals surface area contributed by atoms with Gasteiger partial charge in [0.15, 0.2) is 5.75 Å². The Morgan fingerprint density at radius 1 is 1.50 bits per heavy atom. The Morgan fingerprint density at radius 2 is 2.19 bits per heavy atom. The van der Waals surface area contributed by atoms with Crippen LogP contribution >= 0.6 is 15.9 Å². The highest BCUT2D eigenvalue weighted by atomic mass is 79.9. The molecule has 0 radical (unpaired) electrons. The minimum atomic E-state index is -0.540. The smallest absolute Gasteiger partial charge is 0.255 e. The highest BCUT2D eigenvalue weighted by molar-refractivity contribution is 9.10. The molecule has 0 aromatic carbocycles. The summed E-state index contributed by atoms with van der Waals surface area (Å²) in [6.45, 7) is 1.99. The molecule has 0 bridgehead atoms. The van der Waals surface area contributed by atoms with Gasteiger partial charge in [0.25, 0.3) is 5.95 Å². The van der Waals surface area contributed by atoms with E-state index in [9.17, 15) is 4.39 Å². The van der Waals surface area contributed by atoms with Crippen LogP contribution in [0.4, 0.5) is 4.39 Å². The summed E-state index contributed by atoms with van der Waals surface area (Å²) in [4.78, 5) is 5.86. The maximum Gasteiger partial charge on any atom is 0.255 e. The molecule has 5 heteroatoms. The number of pyridine rings is 1. The lowest BCUT2D eigenvalue weighted by atomic mass is 10.1. The van der Waals surface area contributed by atoms with Gasteiger partial charge in [0.05, 0.1) is 0 Å². The Labute approximate surface area is 103 Å². The SMILES string of the molecule is CN1CCC(Oc2cc(Br)cnc2F)CC1. The molecule has 0 aliphatic carbocycles. The van der Waals surface area contributed by atoms with Gasteiger partial charge >= 0.3 is 0 Å². The number of hydrogen-bond donors (Lipinski definition) is 0. The Morgan fingerprint density at radius 3 is 2.88 bits per heavy atom. The summed E-state index contributed by atoms with van der Waals surface area (Å²) in [6, 6.07) is 1.63. The van der Waals surface area contributed by atoms with Crippen LogP contribution in [0.15, 0.2) is 16.7 Å². The van der Waals surface area contributed by atoms with Gasteiger partial charge in [-0.3, -0.25) is 0 Å². The van der Waals surface area contributed by atoms with Gasteiger partial charge in [-0.05, 0) is 35.8 Å². The van der Waals surface area contributed by atoms with Gasteiger partial charge in [-0.15, -0.1) is 0 Å². The number of rotatable bonds is 2. The summed E-state index contributed by atoms with van der Waals surface area (Å²) < 4.78 is 19.7. The maximum atomic E-state index is 13.3. The van der Waals surface area contributed by atoms with Crippen molar-refractivity contribution < 1.29 is 9.13 Å². The molecule has 1 aromatic heterocycles. The van der Waals surface area contributed by atoms with Crippen molar-refractivity contribution in [1.82, 2.24) is 9.88 Å². The minimum absolute atomic E-state index is 0.0989. The summed E-state index contributed by atoms with van der Waals surface area (Å²) in [6.07, 6.45) is 3.39. The molecular weight excluding hydrogens is 275 g/mol. The van der Waals surface area contributed by atoms with Crippen molar-refractivity contribution in [3.05, 3.63) is 22.7 Å². The number of piperidine rings is 1. The van der Waals surface area contributed by atoms with Gasteiger partial charge in [0.2, 0.25) is 0 Å². The minimum Gasteiger partial charge on any atom is -0.485 e. The molecule has 1 fully saturated rings. The van der Waals surface area contributed by atoms with Gasteiger partial charge in [0.1, 0.15) is 6.10 Å². The number of likely N-dealkylation sites (tertiary alicyclic amines) is 1. The zero-order valence-corrected chi connectivity index (χ0v) is 10.7. The second-order valence-corrected chi connectivity index (χ2v) is 4.98. The first kappa shape index (κ1) is 11.8. The van der Waals surface area contributed by atoms with Crippen molar-refractivity contribution in [2.45, 2.75) is 18.9 Å². The van der Waals surface area contributed by atoms with Crippen molar-refractivity contribution in [1.29, 1.82) is 0 Å². The Balaban J connectivity index is 2.00. The van der Waals surface area contributed by atoms with Crippen LogP contribution in [0.5, 0.6) is 5.75 Å². The molecule has 88 valence electrons. The summed E-state index contributed by atoms with van der Waals surface area (Å²) in [5.41, 5.74) is 0. The van der Waals surface area contributed by atoms with E-state index in [1.54, 1.807) is 6.07 Å². The maximum absolute atomic E-state index is 13.3. The van der Waals surface area contributed by atoms with Crippen molar-refractivity contribution in [3.8, 4) is 5.75 Å². The standard InChI is InChI=1S/C11H14BrFN2O/c1-15-4-2-9(3-5-15)16-10-6-8(12)7-14-11(10)13/h6-7,9H,2-5H2,1H3. The summed E-state index contributed by atoms with van der Waals surface area (Å²) >= 11 is 3.25. The third-order valence-corrected chi connectivity index (χ3v) is 3.17. The van der Waals surface area contributed by atoms with Gasteiger partial charge in [-0.2, -0.15) is 4.39 Å². The van der Waals surface area contributed by atoms with Crippen LogP contribution in [-0.2, 0) is 0 Å². The lowest BCUT2D eigenvalue weighted by Gasteiger charge is -2.29. The molecule has 1 aliphatic heterocycles. The lowest BCUT2D eigenvalue weighted by Crippen LogP contribution is -2.35. The average Bonchev–Trinajstić information content (AvgIpc) is 2.27. The van der Waals surface area contributed by atoms with E-state index in [0.29, 0.717) is 0 Å². The normalized spacial score (nSPS) is 18.7. The molecule has 0 atom stereocenters. The number of ether oxygens (including phenoxy) is 1. The molecule has 0 spiro atoms. The molecule has 1 aromatic rings. The number of aromatic nitrogens is 1. The fraction of sp³-hybridized carbons (Fsp3) is 0.545. The van der Waals surface area contributed by atoms with Gasteiger partial charge in [-0.1, -0.05) is 0 Å². The highest BCUT2D eigenvalue weighted by Gasteiger charge is 2.19. The fourth-order valence-electron chi connectivity index (χ4n) is 1.77. The van der Waals surface area contributed by atoms with E-state index < -0.39 is 5.95 Å². The molecule has 0 unspecified atom stereocenters. The Bertz CT molecular complexity index is 367. The van der Waals surface area contributed by atoms with E-state index in [-0.39, 0.29) is 11.9 Å². The van der Waals surface area contributed by atoms with Crippen LogP contribution in [0.2, 0.25) is 0 Å². The fourth-order valence-corrected chi connectivity index (χ4v) is 2.08. The molecular formula is C11H14BrFN2O. The molecule has 16 heavy (non-hydrogen) atoms. The Kier molecular flexibility index (Phi) is 3.76. The third kappa shape index (κ3) is 2.92. The summed E-state index contributed by atoms with van der Waals surface area (Å²) in [5.74, 6) is -0.300. The average molecular weight is 289 g/mol. The molecule has 0 amide bonds. The van der Waals surface area contributed by atoms with Crippen LogP contribution in [0.25, 0.3) is 0 Å². The van der Waals surface area contributed by atoms with Gasteiger partial charge in [-0.25, -0.2) is 4.98 Å². The van der Waals surface area contributed by atoms with Crippen molar-refractivity contribution in [2.75, 3.05) is 20.1 Å². The predicted octanol–water partition coefficient (Wildman–Crippen LogP) is 2.46. The van der Waals surface area contributed by atoms with Crippen LogP contribution in [0.1, 0.15) is 12.8 Å². The van der Waals surface area contributed by atoms with Gasteiger partial charge in [0, 0.05) is 29.8 Å². The molecule has 2 rings (SSSR count). The second-order valence-electron chi connectivity index (χ2n) is 4.06. The van der Waals surface area contributed by atoms with Crippen LogP contribution in [-0.4, -0.2) is 36.1 Å². The Hall–Kier alpha value is -0.680. The second kappa shape index (κ2) is 5.10. The van der Waals surface area contributed by atoms with Crippen LogP contribution in [0, 0.1) is 5.95 Å². The number of hydrogen-bond acceptors (Lipinski definition) is 3. The van der Waals surface area contributed by atoms with Crippen LogP contribution in [0.3, 0.4) is 0 Å². The van der Waals surface area contributed by atoms with Crippen molar-refractivity contribution >= 4 is 15.9 Å². The summed E-state index contributed by atoms with van der Waals surface area (Å²) in [7, 11) is 2.08. The predicted molar refractivity (Wildman–Crippen MR) is 63.0 cm³/mol. The summed E-state index contributed by atoms with van der Waals surface area (Å²) in [5, 5.41) is 0. The molecule has 0 N–H and O–H groups in total. The molecule has 0 saturated carbocycles. The zero-order chi connectivity index (χ0) is 11.5. The van der Waals surface area contributed by atoms with Crippen molar-refractivity contribution in [2.24, 2.45) is 0 Å². The van der Waals surface area contributed by atoms with Gasteiger partial charge < -0.3 is 9.64 Å². The highest BCUT2D eigenvalue weighted by Crippen LogP contribution is 2.23. The zero-order valence-electron chi connectivity index (χ0n) is 9.12. The molecule has 2 heterocycles. The number of nitrogens with zero attached hydrogens (tertiary/aromatic N) is 2. The van der Waals surface area contributed by atoms with E-state index in [1.165, 1.54) is 6.20 Å². The molecule has 3 nitrogen and oxygen atoms in total.